The van der Waals surface area contributed by atoms with Gasteiger partial charge in [-0.05, 0) is 57.3 Å². The third-order valence-corrected chi connectivity index (χ3v) is 9.57. The molecule has 228 valence electrons. The lowest BCUT2D eigenvalue weighted by molar-refractivity contribution is 1.07. The molecule has 0 saturated carbocycles. The van der Waals surface area contributed by atoms with Gasteiger partial charge in [-0.15, -0.1) is 0 Å². The van der Waals surface area contributed by atoms with E-state index in [2.05, 4.69) is 174 Å². The maximum Gasteiger partial charge on any atom is 0.164 e. The van der Waals surface area contributed by atoms with E-state index in [9.17, 15) is 0 Å². The van der Waals surface area contributed by atoms with Gasteiger partial charge in [-0.25, -0.2) is 15.0 Å². The first-order chi connectivity index (χ1) is 24.3. The molecule has 0 bridgehead atoms. The Morgan fingerprint density at radius 2 is 0.837 bits per heavy atom. The molecule has 10 aromatic rings. The number of aromatic nitrogens is 4. The zero-order valence-electron chi connectivity index (χ0n) is 26.5. The summed E-state index contributed by atoms with van der Waals surface area (Å²) in [6, 6.07) is 59.9. The first-order valence-electron chi connectivity index (χ1n) is 16.5. The van der Waals surface area contributed by atoms with Crippen LogP contribution in [0.15, 0.2) is 170 Å². The average Bonchev–Trinajstić information content (AvgIpc) is 3.52. The van der Waals surface area contributed by atoms with Crippen molar-refractivity contribution in [2.45, 2.75) is 0 Å². The summed E-state index contributed by atoms with van der Waals surface area (Å²) in [5.74, 6) is 1.92. The minimum Gasteiger partial charge on any atom is -0.309 e. The van der Waals surface area contributed by atoms with Crippen molar-refractivity contribution in [2.75, 3.05) is 0 Å². The lowest BCUT2D eigenvalue weighted by Crippen LogP contribution is -2.01. The Hall–Kier alpha value is -6.65. The Kier molecular flexibility index (Phi) is 6.15. The van der Waals surface area contributed by atoms with Gasteiger partial charge in [-0.1, -0.05) is 140 Å². The monoisotopic (exact) mass is 624 g/mol. The molecule has 0 fully saturated rings. The topological polar surface area (TPSA) is 43.6 Å². The second kappa shape index (κ2) is 11.0. The summed E-state index contributed by atoms with van der Waals surface area (Å²) in [4.78, 5) is 15.3. The van der Waals surface area contributed by atoms with Crippen molar-refractivity contribution >= 4 is 54.1 Å². The molecular weight excluding hydrogens is 597 g/mol. The third kappa shape index (κ3) is 4.57. The molecule has 0 aliphatic heterocycles. The fourth-order valence-corrected chi connectivity index (χ4v) is 7.20. The molecule has 2 heterocycles. The van der Waals surface area contributed by atoms with E-state index in [0.29, 0.717) is 17.5 Å². The highest BCUT2D eigenvalue weighted by Crippen LogP contribution is 2.37. The maximum atomic E-state index is 5.13. The molecule has 0 spiro atoms. The summed E-state index contributed by atoms with van der Waals surface area (Å²) >= 11 is 0. The van der Waals surface area contributed by atoms with Crippen LogP contribution in [0.25, 0.3) is 94.0 Å². The Morgan fingerprint density at radius 1 is 0.327 bits per heavy atom. The van der Waals surface area contributed by atoms with E-state index < -0.39 is 0 Å². The summed E-state index contributed by atoms with van der Waals surface area (Å²) in [5, 5.41) is 9.56. The minimum atomic E-state index is 0.633. The van der Waals surface area contributed by atoms with Crippen LogP contribution in [-0.4, -0.2) is 19.5 Å². The molecule has 8 aromatic carbocycles. The van der Waals surface area contributed by atoms with Crippen LogP contribution in [0.1, 0.15) is 0 Å². The van der Waals surface area contributed by atoms with Crippen LogP contribution in [0.5, 0.6) is 0 Å². The Labute approximate surface area is 282 Å². The first kappa shape index (κ1) is 27.5. The standard InChI is InChI=1S/C45H28N4/c1-3-13-32-26-35(22-20-29(32)10-1)44-46-43(47-45(48-44)36-23-21-30-11-2-4-14-33(30)27-36)34-15-9-16-37(28-34)49-41-19-8-7-18-39(41)40-25-24-31-12-5-6-17-38(31)42(40)49/h1-28H. The van der Waals surface area contributed by atoms with E-state index in [0.717, 1.165) is 38.7 Å². The van der Waals surface area contributed by atoms with Crippen molar-refractivity contribution in [1.82, 2.24) is 19.5 Å². The Morgan fingerprint density at radius 3 is 1.49 bits per heavy atom. The highest BCUT2D eigenvalue weighted by molar-refractivity contribution is 6.18. The van der Waals surface area contributed by atoms with Crippen LogP contribution >= 0.6 is 0 Å². The van der Waals surface area contributed by atoms with E-state index in [1.807, 2.05) is 0 Å². The van der Waals surface area contributed by atoms with Gasteiger partial charge in [0, 0.05) is 38.5 Å². The normalized spacial score (nSPS) is 11.7. The van der Waals surface area contributed by atoms with Crippen molar-refractivity contribution in [2.24, 2.45) is 0 Å². The molecule has 49 heavy (non-hydrogen) atoms. The molecule has 4 heteroatoms. The highest BCUT2D eigenvalue weighted by Gasteiger charge is 2.17. The number of hydrogen-bond acceptors (Lipinski definition) is 3. The first-order valence-corrected chi connectivity index (χ1v) is 16.5. The Bertz CT molecular complexity index is 2800. The number of hydrogen-bond donors (Lipinski definition) is 0. The van der Waals surface area contributed by atoms with Gasteiger partial charge < -0.3 is 4.57 Å². The average molecular weight is 625 g/mol. The summed E-state index contributed by atoms with van der Waals surface area (Å²) < 4.78 is 2.38. The van der Waals surface area contributed by atoms with Gasteiger partial charge in [0.1, 0.15) is 0 Å². The molecular formula is C45H28N4. The van der Waals surface area contributed by atoms with Gasteiger partial charge in [0.15, 0.2) is 17.5 Å². The van der Waals surface area contributed by atoms with Crippen molar-refractivity contribution < 1.29 is 0 Å². The summed E-state index contributed by atoms with van der Waals surface area (Å²) in [6.07, 6.45) is 0. The maximum absolute atomic E-state index is 5.13. The SMILES string of the molecule is c1cc(-c2nc(-c3ccc4ccccc4c3)nc(-c3ccc4ccccc4c3)n2)cc(-n2c3ccccc3c3ccc4ccccc4c32)c1. The second-order valence-electron chi connectivity index (χ2n) is 12.5. The van der Waals surface area contributed by atoms with E-state index in [4.69, 9.17) is 15.0 Å². The smallest absolute Gasteiger partial charge is 0.164 e. The molecule has 2 aromatic heterocycles. The number of para-hydroxylation sites is 1. The quantitative estimate of drug-likeness (QED) is 0.196. The molecule has 0 aliphatic carbocycles. The summed E-state index contributed by atoms with van der Waals surface area (Å²) in [5.41, 5.74) is 6.25. The number of benzene rings is 8. The van der Waals surface area contributed by atoms with Gasteiger partial charge in [0.05, 0.1) is 11.0 Å². The highest BCUT2D eigenvalue weighted by atomic mass is 15.0. The van der Waals surface area contributed by atoms with Crippen LogP contribution in [0.2, 0.25) is 0 Å². The molecule has 0 amide bonds. The Balaban J connectivity index is 1.20. The van der Waals surface area contributed by atoms with Gasteiger partial charge in [-0.2, -0.15) is 0 Å². The molecule has 0 saturated heterocycles. The lowest BCUT2D eigenvalue weighted by Gasteiger charge is -2.13. The van der Waals surface area contributed by atoms with Crippen LogP contribution in [0.3, 0.4) is 0 Å². The van der Waals surface area contributed by atoms with Crippen LogP contribution in [0.4, 0.5) is 0 Å². The van der Waals surface area contributed by atoms with Crippen LogP contribution in [0, 0.1) is 0 Å². The minimum absolute atomic E-state index is 0.633. The van der Waals surface area contributed by atoms with E-state index >= 15 is 0 Å². The zero-order valence-corrected chi connectivity index (χ0v) is 26.5. The molecule has 0 aliphatic rings. The van der Waals surface area contributed by atoms with Crippen molar-refractivity contribution in [3.05, 3.63) is 170 Å². The molecule has 4 nitrogen and oxygen atoms in total. The van der Waals surface area contributed by atoms with E-state index in [1.54, 1.807) is 0 Å². The number of fused-ring (bicyclic) bond motifs is 7. The molecule has 0 unspecified atom stereocenters. The summed E-state index contributed by atoms with van der Waals surface area (Å²) in [7, 11) is 0. The van der Waals surface area contributed by atoms with Crippen molar-refractivity contribution in [3.8, 4) is 39.9 Å². The van der Waals surface area contributed by atoms with E-state index in [1.165, 1.54) is 37.8 Å². The van der Waals surface area contributed by atoms with Crippen LogP contribution in [-0.2, 0) is 0 Å². The summed E-state index contributed by atoms with van der Waals surface area (Å²) in [6.45, 7) is 0. The lowest BCUT2D eigenvalue weighted by atomic mass is 10.1. The predicted molar refractivity (Wildman–Crippen MR) is 203 cm³/mol. The molecule has 0 atom stereocenters. The third-order valence-electron chi connectivity index (χ3n) is 9.57. The van der Waals surface area contributed by atoms with E-state index in [-0.39, 0.29) is 0 Å². The fraction of sp³-hybridized carbons (Fsp3) is 0. The van der Waals surface area contributed by atoms with Crippen molar-refractivity contribution in [3.63, 3.8) is 0 Å². The largest absolute Gasteiger partial charge is 0.309 e. The predicted octanol–water partition coefficient (Wildman–Crippen LogP) is 11.4. The van der Waals surface area contributed by atoms with Gasteiger partial charge in [0.25, 0.3) is 0 Å². The molecule has 10 rings (SSSR count). The second-order valence-corrected chi connectivity index (χ2v) is 12.5. The van der Waals surface area contributed by atoms with Gasteiger partial charge in [0.2, 0.25) is 0 Å². The van der Waals surface area contributed by atoms with Crippen molar-refractivity contribution in [1.29, 1.82) is 0 Å². The van der Waals surface area contributed by atoms with Crippen LogP contribution < -0.4 is 0 Å². The molecule has 0 N–H and O–H groups in total. The van der Waals surface area contributed by atoms with Gasteiger partial charge in [-0.3, -0.25) is 0 Å². The van der Waals surface area contributed by atoms with Gasteiger partial charge >= 0.3 is 0 Å². The molecule has 0 radical (unpaired) electrons. The number of rotatable bonds is 4. The fourth-order valence-electron chi connectivity index (χ4n) is 7.20. The zero-order chi connectivity index (χ0) is 32.3. The number of nitrogens with zero attached hydrogens (tertiary/aromatic N) is 4.